The molecule has 5 heteroatoms. The SMILES string of the molecule is COc1cc(C#N)ccc1OCCCC(=O)NCC1CC=CCC1. The van der Waals surface area contributed by atoms with Gasteiger partial charge in [-0.25, -0.2) is 0 Å². The normalized spacial score (nSPS) is 16.2. The molecule has 1 aromatic carbocycles. The molecule has 1 aromatic rings. The topological polar surface area (TPSA) is 71.3 Å². The third-order valence-corrected chi connectivity index (χ3v) is 4.06. The lowest BCUT2D eigenvalue weighted by atomic mass is 9.94. The van der Waals surface area contributed by atoms with Gasteiger partial charge in [-0.3, -0.25) is 4.79 Å². The Morgan fingerprint density at radius 3 is 2.96 bits per heavy atom. The summed E-state index contributed by atoms with van der Waals surface area (Å²) in [6, 6.07) is 7.10. The second kappa shape index (κ2) is 9.61. The van der Waals surface area contributed by atoms with Gasteiger partial charge < -0.3 is 14.8 Å². The van der Waals surface area contributed by atoms with Gasteiger partial charge in [0.15, 0.2) is 11.5 Å². The van der Waals surface area contributed by atoms with Gasteiger partial charge in [-0.1, -0.05) is 12.2 Å². The number of rotatable bonds is 8. The minimum Gasteiger partial charge on any atom is -0.493 e. The average Bonchev–Trinajstić information content (AvgIpc) is 2.64. The zero-order valence-electron chi connectivity index (χ0n) is 14.1. The Hall–Kier alpha value is -2.48. The number of methoxy groups -OCH3 is 1. The number of ether oxygens (including phenoxy) is 2. The van der Waals surface area contributed by atoms with Crippen molar-refractivity contribution in [3.63, 3.8) is 0 Å². The van der Waals surface area contributed by atoms with Crippen LogP contribution >= 0.6 is 0 Å². The largest absolute Gasteiger partial charge is 0.493 e. The maximum Gasteiger partial charge on any atom is 0.220 e. The summed E-state index contributed by atoms with van der Waals surface area (Å²) >= 11 is 0. The highest BCUT2D eigenvalue weighted by molar-refractivity contribution is 5.75. The number of nitrogens with zero attached hydrogens (tertiary/aromatic N) is 1. The van der Waals surface area contributed by atoms with E-state index in [-0.39, 0.29) is 5.91 Å². The highest BCUT2D eigenvalue weighted by Crippen LogP contribution is 2.27. The first-order chi connectivity index (χ1) is 11.7. The van der Waals surface area contributed by atoms with Crippen LogP contribution in [0, 0.1) is 17.2 Å². The minimum absolute atomic E-state index is 0.0694. The second-order valence-electron chi connectivity index (χ2n) is 5.88. The Labute approximate surface area is 143 Å². The molecule has 5 nitrogen and oxygen atoms in total. The van der Waals surface area contributed by atoms with Crippen molar-refractivity contribution in [1.29, 1.82) is 5.26 Å². The molecule has 0 aliphatic heterocycles. The van der Waals surface area contributed by atoms with Crippen LogP contribution in [-0.2, 0) is 4.79 Å². The molecule has 1 amide bonds. The predicted octanol–water partition coefficient (Wildman–Crippen LogP) is 3.20. The summed E-state index contributed by atoms with van der Waals surface area (Å²) in [4.78, 5) is 11.9. The van der Waals surface area contributed by atoms with Crippen LogP contribution in [0.25, 0.3) is 0 Å². The maximum absolute atomic E-state index is 11.9. The zero-order chi connectivity index (χ0) is 17.2. The standard InChI is InChI=1S/C19H24N2O3/c1-23-18-12-16(13-20)9-10-17(18)24-11-5-8-19(22)21-14-15-6-3-2-4-7-15/h2-3,9-10,12,15H,4-8,11,14H2,1H3,(H,21,22). The fourth-order valence-electron chi connectivity index (χ4n) is 2.66. The van der Waals surface area contributed by atoms with Gasteiger partial charge in [-0.05, 0) is 43.7 Å². The number of carbonyl (C=O) groups is 1. The summed E-state index contributed by atoms with van der Waals surface area (Å²) in [5.74, 6) is 1.76. The third-order valence-electron chi connectivity index (χ3n) is 4.06. The van der Waals surface area contributed by atoms with Crippen molar-refractivity contribution in [2.24, 2.45) is 5.92 Å². The fraction of sp³-hybridized carbons (Fsp3) is 0.474. The number of benzene rings is 1. The van der Waals surface area contributed by atoms with Gasteiger partial charge in [0.2, 0.25) is 5.91 Å². The molecule has 0 saturated carbocycles. The number of allylic oxidation sites excluding steroid dienone is 2. The van der Waals surface area contributed by atoms with E-state index in [1.807, 2.05) is 0 Å². The highest BCUT2D eigenvalue weighted by atomic mass is 16.5. The highest BCUT2D eigenvalue weighted by Gasteiger charge is 2.11. The first-order valence-electron chi connectivity index (χ1n) is 8.35. The van der Waals surface area contributed by atoms with Gasteiger partial charge >= 0.3 is 0 Å². The first-order valence-corrected chi connectivity index (χ1v) is 8.35. The van der Waals surface area contributed by atoms with E-state index in [2.05, 4.69) is 23.5 Å². The Kier molecular flexibility index (Phi) is 7.16. The van der Waals surface area contributed by atoms with Crippen LogP contribution < -0.4 is 14.8 Å². The summed E-state index contributed by atoms with van der Waals surface area (Å²) in [5, 5.41) is 11.9. The molecule has 24 heavy (non-hydrogen) atoms. The Bertz CT molecular complexity index is 620. The van der Waals surface area contributed by atoms with Crippen molar-refractivity contribution in [3.8, 4) is 17.6 Å². The smallest absolute Gasteiger partial charge is 0.220 e. The third kappa shape index (κ3) is 5.62. The van der Waals surface area contributed by atoms with Gasteiger partial charge in [0, 0.05) is 19.0 Å². The molecule has 1 N–H and O–H groups in total. The van der Waals surface area contributed by atoms with Crippen molar-refractivity contribution in [2.75, 3.05) is 20.3 Å². The second-order valence-corrected chi connectivity index (χ2v) is 5.88. The number of amides is 1. The molecule has 0 heterocycles. The number of carbonyl (C=O) groups excluding carboxylic acids is 1. The fourth-order valence-corrected chi connectivity index (χ4v) is 2.66. The van der Waals surface area contributed by atoms with Crippen molar-refractivity contribution in [1.82, 2.24) is 5.32 Å². The van der Waals surface area contributed by atoms with Gasteiger partial charge in [0.05, 0.1) is 25.3 Å². The molecule has 1 aliphatic rings. The summed E-state index contributed by atoms with van der Waals surface area (Å²) in [7, 11) is 1.54. The van der Waals surface area contributed by atoms with E-state index in [9.17, 15) is 4.79 Å². The number of hydrogen-bond acceptors (Lipinski definition) is 4. The Balaban J connectivity index is 1.66. The van der Waals surface area contributed by atoms with Crippen LogP contribution in [0.3, 0.4) is 0 Å². The monoisotopic (exact) mass is 328 g/mol. The molecule has 2 rings (SSSR count). The summed E-state index contributed by atoms with van der Waals surface area (Å²) in [6.45, 7) is 1.19. The Morgan fingerprint density at radius 1 is 1.38 bits per heavy atom. The van der Waals surface area contributed by atoms with E-state index in [1.165, 1.54) is 7.11 Å². The van der Waals surface area contributed by atoms with Crippen molar-refractivity contribution in [2.45, 2.75) is 32.1 Å². The van der Waals surface area contributed by atoms with Crippen LogP contribution in [0.15, 0.2) is 30.4 Å². The number of nitrogens with one attached hydrogen (secondary N) is 1. The zero-order valence-corrected chi connectivity index (χ0v) is 14.1. The van der Waals surface area contributed by atoms with Crippen molar-refractivity contribution >= 4 is 5.91 Å². The van der Waals surface area contributed by atoms with Crippen LogP contribution in [-0.4, -0.2) is 26.2 Å². The first kappa shape index (κ1) is 17.9. The average molecular weight is 328 g/mol. The summed E-state index contributed by atoms with van der Waals surface area (Å²) in [6.07, 6.45) is 8.80. The molecular weight excluding hydrogens is 304 g/mol. The van der Waals surface area contributed by atoms with Crippen LogP contribution in [0.4, 0.5) is 0 Å². The van der Waals surface area contributed by atoms with Gasteiger partial charge in [0.25, 0.3) is 0 Å². The molecule has 1 atom stereocenters. The molecule has 0 fully saturated rings. The number of hydrogen-bond donors (Lipinski definition) is 1. The molecule has 0 bridgehead atoms. The van der Waals surface area contributed by atoms with E-state index in [1.54, 1.807) is 18.2 Å². The van der Waals surface area contributed by atoms with E-state index in [0.717, 1.165) is 25.8 Å². The van der Waals surface area contributed by atoms with Gasteiger partial charge in [-0.2, -0.15) is 5.26 Å². The minimum atomic E-state index is 0.0694. The number of nitriles is 1. The predicted molar refractivity (Wildman–Crippen MR) is 91.9 cm³/mol. The van der Waals surface area contributed by atoms with Crippen molar-refractivity contribution in [3.05, 3.63) is 35.9 Å². The molecule has 0 spiro atoms. The molecule has 128 valence electrons. The van der Waals surface area contributed by atoms with E-state index in [0.29, 0.717) is 42.4 Å². The van der Waals surface area contributed by atoms with Crippen LogP contribution in [0.2, 0.25) is 0 Å². The molecule has 1 aliphatic carbocycles. The lowest BCUT2D eigenvalue weighted by Crippen LogP contribution is -2.29. The Morgan fingerprint density at radius 2 is 2.25 bits per heavy atom. The van der Waals surface area contributed by atoms with E-state index in [4.69, 9.17) is 14.7 Å². The lowest BCUT2D eigenvalue weighted by Gasteiger charge is -2.18. The van der Waals surface area contributed by atoms with Gasteiger partial charge in [-0.15, -0.1) is 0 Å². The van der Waals surface area contributed by atoms with Crippen LogP contribution in [0.5, 0.6) is 11.5 Å². The molecule has 1 unspecified atom stereocenters. The van der Waals surface area contributed by atoms with E-state index < -0.39 is 0 Å². The quantitative estimate of drug-likeness (QED) is 0.587. The molecule has 0 saturated heterocycles. The summed E-state index contributed by atoms with van der Waals surface area (Å²) < 4.78 is 10.9. The van der Waals surface area contributed by atoms with Crippen molar-refractivity contribution < 1.29 is 14.3 Å². The summed E-state index contributed by atoms with van der Waals surface area (Å²) in [5.41, 5.74) is 0.524. The van der Waals surface area contributed by atoms with Gasteiger partial charge in [0.1, 0.15) is 0 Å². The maximum atomic E-state index is 11.9. The lowest BCUT2D eigenvalue weighted by molar-refractivity contribution is -0.121. The molecule has 0 radical (unpaired) electrons. The van der Waals surface area contributed by atoms with Crippen LogP contribution in [0.1, 0.15) is 37.7 Å². The molecular formula is C19H24N2O3. The molecule has 0 aromatic heterocycles. The van der Waals surface area contributed by atoms with E-state index >= 15 is 0 Å².